The highest BCUT2D eigenvalue weighted by molar-refractivity contribution is 6.14. The summed E-state index contributed by atoms with van der Waals surface area (Å²) in [6, 6.07) is 66.0. The molecule has 3 nitrogen and oxygen atoms in total. The second-order valence-electron chi connectivity index (χ2n) is 23.4. The van der Waals surface area contributed by atoms with Gasteiger partial charge in [-0.3, -0.25) is 0 Å². The van der Waals surface area contributed by atoms with Crippen LogP contribution in [0.1, 0.15) is 61.2 Å². The van der Waals surface area contributed by atoms with Crippen LogP contribution in [-0.4, -0.2) is 9.13 Å². The third-order valence-corrected chi connectivity index (χ3v) is 16.6. The maximum absolute atomic E-state index is 14.8. The fourth-order valence-electron chi connectivity index (χ4n) is 13.2. The molecule has 0 spiro atoms. The summed E-state index contributed by atoms with van der Waals surface area (Å²) in [5.41, 5.74) is 19.6. The van der Waals surface area contributed by atoms with E-state index in [4.69, 9.17) is 0 Å². The lowest BCUT2D eigenvalue weighted by molar-refractivity contribution is -0.143. The van der Waals surface area contributed by atoms with Gasteiger partial charge >= 0.3 is 12.4 Å². The fourth-order valence-corrected chi connectivity index (χ4v) is 13.2. The molecule has 0 amide bonds. The van der Waals surface area contributed by atoms with Gasteiger partial charge in [0.25, 0.3) is 0 Å². The van der Waals surface area contributed by atoms with Gasteiger partial charge in [-0.15, -0.1) is 0 Å². The third-order valence-electron chi connectivity index (χ3n) is 16.6. The van der Waals surface area contributed by atoms with Gasteiger partial charge in [0.15, 0.2) is 0 Å². The van der Waals surface area contributed by atoms with Crippen LogP contribution < -0.4 is 0 Å². The molecule has 422 valence electrons. The van der Waals surface area contributed by atoms with Crippen LogP contribution >= 0.6 is 0 Å². The van der Waals surface area contributed by atoms with Crippen molar-refractivity contribution in [3.05, 3.63) is 261 Å². The summed E-state index contributed by atoms with van der Waals surface area (Å²) in [7, 11) is 0. The first-order valence-electron chi connectivity index (χ1n) is 28.5. The van der Waals surface area contributed by atoms with E-state index in [1.54, 1.807) is 24.3 Å². The molecular weight excluding hydrogens is 1080 g/mol. The normalized spacial score (nSPS) is 12.1. The SMILES string of the molecule is Cc1cc(C)cc(-c2ccc3c(c2)c2cc(-c4cc(C)cc(C)c4)ccc2n3-c2ccc(-c3cc(C(F)(F)F)cc(C(F)(F)F)c3)cc2-c2c(C#N)cccc2-n2c3ccc(-c4cc(C)cc(C)c4)cc3c3cc(-c4cc(C)cc(C)c4)ccc32)c1. The molecule has 86 heavy (non-hydrogen) atoms. The van der Waals surface area contributed by atoms with Gasteiger partial charge < -0.3 is 9.13 Å². The number of fused-ring (bicyclic) bond motifs is 6. The summed E-state index contributed by atoms with van der Waals surface area (Å²) in [6.45, 7) is 16.6. The van der Waals surface area contributed by atoms with E-state index in [0.717, 1.165) is 145 Å². The number of hydrogen-bond donors (Lipinski definition) is 0. The van der Waals surface area contributed by atoms with E-state index in [1.165, 1.54) is 0 Å². The average Bonchev–Trinajstić information content (AvgIpc) is 1.57. The van der Waals surface area contributed by atoms with E-state index < -0.39 is 23.5 Å². The van der Waals surface area contributed by atoms with Crippen LogP contribution in [0.2, 0.25) is 0 Å². The van der Waals surface area contributed by atoms with E-state index in [1.807, 2.05) is 12.1 Å². The van der Waals surface area contributed by atoms with Crippen molar-refractivity contribution in [1.29, 1.82) is 5.26 Å². The van der Waals surface area contributed by atoms with Gasteiger partial charge in [0.05, 0.1) is 56.2 Å². The highest BCUT2D eigenvalue weighted by Crippen LogP contribution is 2.47. The van der Waals surface area contributed by atoms with Crippen LogP contribution in [-0.2, 0) is 12.4 Å². The van der Waals surface area contributed by atoms with E-state index in [9.17, 15) is 31.6 Å². The number of nitrogens with zero attached hydrogens (tertiary/aromatic N) is 3. The Labute approximate surface area is 495 Å². The summed E-state index contributed by atoms with van der Waals surface area (Å²) in [6.07, 6.45) is -10.2. The maximum atomic E-state index is 14.8. The molecule has 0 unspecified atom stereocenters. The molecule has 0 fully saturated rings. The number of nitriles is 1. The topological polar surface area (TPSA) is 33.6 Å². The predicted octanol–water partition coefficient (Wildman–Crippen LogP) is 22.3. The largest absolute Gasteiger partial charge is 0.416 e. The van der Waals surface area contributed by atoms with Crippen LogP contribution in [0.25, 0.3) is 122 Å². The summed E-state index contributed by atoms with van der Waals surface area (Å²) >= 11 is 0. The molecule has 0 aliphatic rings. The second kappa shape index (κ2) is 20.7. The van der Waals surface area contributed by atoms with Crippen molar-refractivity contribution >= 4 is 43.6 Å². The number of aryl methyl sites for hydroxylation is 8. The molecule has 0 radical (unpaired) electrons. The first kappa shape index (κ1) is 55.3. The minimum absolute atomic E-state index is 0.0902. The number of alkyl halides is 6. The molecule has 13 rings (SSSR count). The quantitative estimate of drug-likeness (QED) is 0.140. The van der Waals surface area contributed by atoms with Crippen molar-refractivity contribution in [3.63, 3.8) is 0 Å². The van der Waals surface area contributed by atoms with Crippen LogP contribution in [0, 0.1) is 66.7 Å². The van der Waals surface area contributed by atoms with Gasteiger partial charge in [-0.25, -0.2) is 0 Å². The number of aromatic nitrogens is 2. The van der Waals surface area contributed by atoms with Crippen LogP contribution in [0.4, 0.5) is 26.3 Å². The minimum atomic E-state index is -5.10. The monoisotopic (exact) mass is 1140 g/mol. The van der Waals surface area contributed by atoms with Gasteiger partial charge in [-0.05, 0) is 202 Å². The molecule has 11 aromatic carbocycles. The lowest BCUT2D eigenvalue weighted by atomic mass is 9.91. The van der Waals surface area contributed by atoms with Gasteiger partial charge in [0.1, 0.15) is 0 Å². The third kappa shape index (κ3) is 9.99. The Kier molecular flexibility index (Phi) is 13.3. The molecule has 0 atom stereocenters. The van der Waals surface area contributed by atoms with Crippen LogP contribution in [0.3, 0.4) is 0 Å². The van der Waals surface area contributed by atoms with Crippen molar-refractivity contribution in [2.45, 2.75) is 67.7 Å². The summed E-state index contributed by atoms with van der Waals surface area (Å²) in [5.74, 6) is 0. The Bertz CT molecular complexity index is 4690. The molecule has 0 N–H and O–H groups in total. The predicted molar refractivity (Wildman–Crippen MR) is 340 cm³/mol. The first-order chi connectivity index (χ1) is 41.0. The highest BCUT2D eigenvalue weighted by atomic mass is 19.4. The van der Waals surface area contributed by atoms with Gasteiger partial charge in [-0.1, -0.05) is 154 Å². The van der Waals surface area contributed by atoms with E-state index >= 15 is 0 Å². The summed E-state index contributed by atoms with van der Waals surface area (Å²) < 4.78 is 92.8. The van der Waals surface area contributed by atoms with E-state index in [-0.39, 0.29) is 22.8 Å². The highest BCUT2D eigenvalue weighted by Gasteiger charge is 2.37. The maximum Gasteiger partial charge on any atom is 0.416 e. The molecule has 2 aromatic heterocycles. The number of halogens is 6. The van der Waals surface area contributed by atoms with Gasteiger partial charge in [0.2, 0.25) is 0 Å². The fraction of sp³-hybridized carbons (Fsp3) is 0.130. The molecule has 0 saturated heterocycles. The number of rotatable bonds is 8. The van der Waals surface area contributed by atoms with Crippen LogP contribution in [0.5, 0.6) is 0 Å². The lowest BCUT2D eigenvalue weighted by Crippen LogP contribution is -2.11. The van der Waals surface area contributed by atoms with Crippen molar-refractivity contribution in [3.8, 4) is 84.2 Å². The molecule has 13 aromatic rings. The molecule has 0 saturated carbocycles. The Morgan fingerprint density at radius 3 is 0.930 bits per heavy atom. The standard InChI is InChI=1S/C77H57F6N3/c1-43-22-44(2)27-57(26-43)51-12-17-69-64(36-51)65-37-52(58-28-45(3)23-46(4)29-58)13-18-70(65)85(69)73-21-16-55(61-34-62(76(78,79)80)41-63(35-61)77(81,82)83)40-68(73)75-56(42-84)10-9-11-74(75)86-71-19-14-53(59-30-47(5)24-48(6)31-59)38-66(71)67-39-54(15-20-72(67)86)60-32-49(7)25-50(8)33-60/h9-41H,1-8H3. The molecule has 0 aliphatic carbocycles. The van der Waals surface area contributed by atoms with Crippen LogP contribution in [0.15, 0.2) is 200 Å². The number of benzene rings is 11. The second-order valence-corrected chi connectivity index (χ2v) is 23.4. The van der Waals surface area contributed by atoms with E-state index in [2.05, 4.69) is 216 Å². The zero-order valence-corrected chi connectivity index (χ0v) is 48.7. The summed E-state index contributed by atoms with van der Waals surface area (Å²) in [4.78, 5) is 0. The van der Waals surface area contributed by atoms with Crippen molar-refractivity contribution in [1.82, 2.24) is 9.13 Å². The Balaban J connectivity index is 1.14. The molecular formula is C77H57F6N3. The molecule has 0 bridgehead atoms. The molecule has 9 heteroatoms. The Morgan fingerprint density at radius 1 is 0.302 bits per heavy atom. The first-order valence-corrected chi connectivity index (χ1v) is 28.5. The Hall–Kier alpha value is -9.91. The van der Waals surface area contributed by atoms with E-state index in [0.29, 0.717) is 22.5 Å². The molecule has 2 heterocycles. The lowest BCUT2D eigenvalue weighted by Gasteiger charge is -2.21. The van der Waals surface area contributed by atoms with Crippen molar-refractivity contribution < 1.29 is 26.3 Å². The minimum Gasteiger partial charge on any atom is -0.309 e. The summed E-state index contributed by atoms with van der Waals surface area (Å²) in [5, 5.41) is 15.2. The number of hydrogen-bond acceptors (Lipinski definition) is 1. The smallest absolute Gasteiger partial charge is 0.309 e. The Morgan fingerprint density at radius 2 is 0.605 bits per heavy atom. The zero-order chi connectivity index (χ0) is 60.2. The van der Waals surface area contributed by atoms with Gasteiger partial charge in [0, 0.05) is 32.7 Å². The van der Waals surface area contributed by atoms with Gasteiger partial charge in [-0.2, -0.15) is 31.6 Å². The molecule has 0 aliphatic heterocycles. The zero-order valence-electron chi connectivity index (χ0n) is 48.7. The average molecular weight is 1140 g/mol. The van der Waals surface area contributed by atoms with Crippen molar-refractivity contribution in [2.24, 2.45) is 0 Å². The van der Waals surface area contributed by atoms with Crippen molar-refractivity contribution in [2.75, 3.05) is 0 Å².